The molecule has 0 saturated carbocycles. The maximum atomic E-state index is 14.0. The Morgan fingerprint density at radius 1 is 0.875 bits per heavy atom. The van der Waals surface area contributed by atoms with E-state index in [0.717, 1.165) is 16.5 Å². The number of benzene rings is 3. The maximum Gasteiger partial charge on any atom is 0.303 e. The van der Waals surface area contributed by atoms with Crippen molar-refractivity contribution in [3.8, 4) is 0 Å². The van der Waals surface area contributed by atoms with Gasteiger partial charge in [0.1, 0.15) is 0 Å². The van der Waals surface area contributed by atoms with Gasteiger partial charge in [-0.15, -0.1) is 0 Å². The van der Waals surface area contributed by atoms with Gasteiger partial charge in [0.25, 0.3) is 26.0 Å². The molecule has 2 N–H and O–H groups in total. The summed E-state index contributed by atoms with van der Waals surface area (Å²) in [7, 11) is -8.50. The van der Waals surface area contributed by atoms with E-state index in [-0.39, 0.29) is 42.8 Å². The molecule has 3 aromatic carbocycles. The number of hydrogen-bond acceptors (Lipinski definition) is 6. The number of sulfonamides is 1. The number of carboxylic acid groups (broad SMARTS) is 1. The number of aromatic nitrogens is 1. The summed E-state index contributed by atoms with van der Waals surface area (Å²) in [4.78, 5) is 25.1. The second kappa shape index (κ2) is 11.7. The molecule has 0 bridgehead atoms. The largest absolute Gasteiger partial charge is 0.481 e. The molecule has 12 heteroatoms. The van der Waals surface area contributed by atoms with E-state index >= 15 is 0 Å². The summed E-state index contributed by atoms with van der Waals surface area (Å²) in [5.41, 5.74) is 2.26. The van der Waals surface area contributed by atoms with Crippen LogP contribution in [0.2, 0.25) is 0 Å². The van der Waals surface area contributed by atoms with Crippen molar-refractivity contribution >= 4 is 53.8 Å². The predicted octanol–water partition coefficient (Wildman–Crippen LogP) is 3.56. The number of hydrogen-bond donors (Lipinski definition) is 2. The fraction of sp³-hybridized carbons (Fsp3) is 0.250. The number of carbonyl (C=O) groups is 2. The van der Waals surface area contributed by atoms with E-state index in [9.17, 15) is 31.0 Å². The molecule has 40 heavy (non-hydrogen) atoms. The van der Waals surface area contributed by atoms with E-state index < -0.39 is 37.8 Å². The van der Waals surface area contributed by atoms with E-state index in [1.165, 1.54) is 18.2 Å². The smallest absolute Gasteiger partial charge is 0.303 e. The lowest BCUT2D eigenvalue weighted by atomic mass is 10.0. The fourth-order valence-corrected chi connectivity index (χ4v) is 6.50. The summed E-state index contributed by atoms with van der Waals surface area (Å²) in [6.45, 7) is 1.68. The van der Waals surface area contributed by atoms with Gasteiger partial charge in [-0.2, -0.15) is 13.0 Å². The van der Waals surface area contributed by atoms with Gasteiger partial charge in [0.05, 0.1) is 21.6 Å². The summed E-state index contributed by atoms with van der Waals surface area (Å²) >= 11 is 0. The molecule has 0 radical (unpaired) electrons. The molecule has 4 rings (SSSR count). The molecule has 210 valence electrons. The zero-order valence-electron chi connectivity index (χ0n) is 21.7. The summed E-state index contributed by atoms with van der Waals surface area (Å²) in [5.74, 6) is -2.37. The van der Waals surface area contributed by atoms with Crippen LogP contribution in [0, 0.1) is 6.92 Å². The lowest BCUT2D eigenvalue weighted by Crippen LogP contribution is -2.39. The molecule has 10 nitrogen and oxygen atoms in total. The van der Waals surface area contributed by atoms with Crippen LogP contribution < -0.4 is 4.57 Å². The van der Waals surface area contributed by atoms with Crippen molar-refractivity contribution in [2.75, 3.05) is 12.3 Å². The van der Waals surface area contributed by atoms with E-state index in [1.54, 1.807) is 43.3 Å². The zero-order chi connectivity index (χ0) is 29.1. The number of carboxylic acids is 1. The fourth-order valence-electron chi connectivity index (χ4n) is 4.59. The first-order chi connectivity index (χ1) is 18.9. The average Bonchev–Trinajstić information content (AvgIpc) is 2.89. The minimum absolute atomic E-state index is 0.0739. The number of carbonyl (C=O) groups excluding carboxylic acids is 1. The zero-order valence-corrected chi connectivity index (χ0v) is 23.4. The van der Waals surface area contributed by atoms with Crippen LogP contribution in [0.25, 0.3) is 21.8 Å². The second-order valence-corrected chi connectivity index (χ2v) is 12.9. The molecule has 0 atom stereocenters. The van der Waals surface area contributed by atoms with Gasteiger partial charge in [0, 0.05) is 36.9 Å². The van der Waals surface area contributed by atoms with E-state index in [2.05, 4.69) is 0 Å². The topological polar surface area (TPSA) is 150 Å². The van der Waals surface area contributed by atoms with Gasteiger partial charge in [-0.25, -0.2) is 12.7 Å². The van der Waals surface area contributed by atoms with Gasteiger partial charge in [0.15, 0.2) is 6.54 Å². The highest BCUT2D eigenvalue weighted by molar-refractivity contribution is 7.89. The van der Waals surface area contributed by atoms with Crippen LogP contribution in [0.4, 0.5) is 0 Å². The van der Waals surface area contributed by atoms with E-state index in [0.29, 0.717) is 15.2 Å². The quantitative estimate of drug-likeness (QED) is 0.154. The molecule has 1 amide bonds. The molecule has 0 fully saturated rings. The van der Waals surface area contributed by atoms with Crippen LogP contribution in [0.1, 0.15) is 35.2 Å². The molecular formula is C28H29N2O8S2+. The van der Waals surface area contributed by atoms with E-state index in [1.807, 2.05) is 22.8 Å². The highest BCUT2D eigenvalue weighted by atomic mass is 32.2. The molecule has 0 unspecified atom stereocenters. The van der Waals surface area contributed by atoms with Crippen LogP contribution in [-0.4, -0.2) is 55.0 Å². The number of rotatable bonds is 11. The number of aliphatic carboxylic acids is 1. The molecule has 1 heterocycles. The average molecular weight is 586 g/mol. The summed E-state index contributed by atoms with van der Waals surface area (Å²) in [6, 6.07) is 20.0. The van der Waals surface area contributed by atoms with Gasteiger partial charge >= 0.3 is 5.97 Å². The van der Waals surface area contributed by atoms with Gasteiger partial charge in [-0.05, 0) is 43.7 Å². The molecule has 1 aromatic heterocycles. The van der Waals surface area contributed by atoms with Crippen LogP contribution in [0.15, 0.2) is 77.7 Å². The highest BCUT2D eigenvalue weighted by Crippen LogP contribution is 2.26. The minimum Gasteiger partial charge on any atom is -0.481 e. The molecule has 0 saturated heterocycles. The van der Waals surface area contributed by atoms with Crippen molar-refractivity contribution in [3.05, 3.63) is 83.9 Å². The maximum absolute atomic E-state index is 14.0. The Morgan fingerprint density at radius 3 is 2.23 bits per heavy atom. The molecule has 0 spiro atoms. The first-order valence-electron chi connectivity index (χ1n) is 12.5. The lowest BCUT2D eigenvalue weighted by molar-refractivity contribution is -0.645. The summed E-state index contributed by atoms with van der Waals surface area (Å²) in [6.07, 6.45) is -0.287. The standard InChI is InChI=1S/C28H28N2O8S2/c1-20-12-14-22(15-13-20)40(37,38)30(17-5-11-27(31)32)28(33)23-8-4-10-26-24(23)19-21-7-2-3-9-25(21)29(26)16-6-18-39(34,35)36/h2-4,7-10,12-15,19H,5-6,11,16-18H2,1H3,(H-,31,32,34,35,36)/p+1. The number of para-hydroxylation sites is 1. The van der Waals surface area contributed by atoms with Crippen LogP contribution in [0.5, 0.6) is 0 Å². The first kappa shape index (κ1) is 29.1. The van der Waals surface area contributed by atoms with Gasteiger partial charge in [-0.1, -0.05) is 35.9 Å². The van der Waals surface area contributed by atoms with Crippen molar-refractivity contribution in [2.45, 2.75) is 37.6 Å². The Hall–Kier alpha value is -3.87. The van der Waals surface area contributed by atoms with Crippen molar-refractivity contribution in [1.82, 2.24) is 4.31 Å². The third kappa shape index (κ3) is 6.46. The Morgan fingerprint density at radius 2 is 1.55 bits per heavy atom. The van der Waals surface area contributed by atoms with Crippen molar-refractivity contribution in [1.29, 1.82) is 0 Å². The molecule has 0 aliphatic carbocycles. The van der Waals surface area contributed by atoms with Gasteiger partial charge in [0.2, 0.25) is 11.0 Å². The van der Waals surface area contributed by atoms with Crippen molar-refractivity contribution in [3.63, 3.8) is 0 Å². The Kier molecular flexibility index (Phi) is 8.52. The number of pyridine rings is 1. The minimum atomic E-state index is -4.33. The number of amides is 1. The van der Waals surface area contributed by atoms with Gasteiger partial charge in [-0.3, -0.25) is 14.1 Å². The third-order valence-electron chi connectivity index (χ3n) is 6.50. The first-order valence-corrected chi connectivity index (χ1v) is 15.6. The monoisotopic (exact) mass is 585 g/mol. The normalized spacial score (nSPS) is 12.1. The molecular weight excluding hydrogens is 556 g/mol. The SMILES string of the molecule is Cc1ccc(S(=O)(=O)N(CCCC(=O)O)C(=O)c2cccc3c2cc2ccccc2[n+]3CCCS(=O)(=O)O)cc1. The van der Waals surface area contributed by atoms with Crippen LogP contribution in [0.3, 0.4) is 0 Å². The molecule has 0 aliphatic rings. The molecule has 0 aliphatic heterocycles. The Labute approximate surface area is 232 Å². The van der Waals surface area contributed by atoms with E-state index in [4.69, 9.17) is 5.11 Å². The predicted molar refractivity (Wildman–Crippen MR) is 149 cm³/mol. The van der Waals surface area contributed by atoms with Crippen molar-refractivity contribution in [2.24, 2.45) is 0 Å². The van der Waals surface area contributed by atoms with Crippen LogP contribution in [-0.2, 0) is 31.5 Å². The lowest BCUT2D eigenvalue weighted by Gasteiger charge is -2.23. The van der Waals surface area contributed by atoms with Crippen molar-refractivity contribution < 1.29 is 40.7 Å². The summed E-state index contributed by atoms with van der Waals surface area (Å²) < 4.78 is 61.7. The molecule has 4 aromatic rings. The number of aryl methyl sites for hydroxylation is 2. The second-order valence-electron chi connectivity index (χ2n) is 9.43. The number of nitrogens with zero attached hydrogens (tertiary/aromatic N) is 2. The third-order valence-corrected chi connectivity index (χ3v) is 9.10. The number of fused-ring (bicyclic) bond motifs is 2. The Balaban J connectivity index is 1.85. The van der Waals surface area contributed by atoms with Gasteiger partial charge < -0.3 is 5.11 Å². The van der Waals surface area contributed by atoms with Crippen LogP contribution >= 0.6 is 0 Å². The Bertz CT molecular complexity index is 1800. The summed E-state index contributed by atoms with van der Waals surface area (Å²) in [5, 5.41) is 10.3. The highest BCUT2D eigenvalue weighted by Gasteiger charge is 2.32.